The van der Waals surface area contributed by atoms with Crippen molar-refractivity contribution in [3.8, 4) is 5.88 Å². The zero-order chi connectivity index (χ0) is 14.3. The van der Waals surface area contributed by atoms with Crippen LogP contribution in [-0.4, -0.2) is 4.40 Å². The van der Waals surface area contributed by atoms with Crippen molar-refractivity contribution in [2.75, 3.05) is 0 Å². The van der Waals surface area contributed by atoms with Gasteiger partial charge in [-0.25, -0.2) is 9.36 Å². The number of aromatic nitrogens is 2. The average molecular weight is 327 g/mol. The van der Waals surface area contributed by atoms with Gasteiger partial charge in [0.2, 0.25) is 0 Å². The smallest absolute Gasteiger partial charge is 0.348 e. The number of fused-ring (bicyclic) bond motifs is 1. The zero-order valence-electron chi connectivity index (χ0n) is 10.0. The lowest BCUT2D eigenvalue weighted by Gasteiger charge is -2.11. The quantitative estimate of drug-likeness (QED) is 0.677. The van der Waals surface area contributed by atoms with Gasteiger partial charge < -0.3 is 5.11 Å². The molecule has 2 aromatic heterocycles. The monoisotopic (exact) mass is 326 g/mol. The number of benzene rings is 1. The molecule has 4 nitrogen and oxygen atoms in total. The van der Waals surface area contributed by atoms with E-state index in [-0.39, 0.29) is 11.4 Å². The number of rotatable bonds is 2. The van der Waals surface area contributed by atoms with Gasteiger partial charge in [0.05, 0.1) is 22.0 Å². The fourth-order valence-corrected chi connectivity index (χ4v) is 3.12. The number of hydrogen-bond acceptors (Lipinski definition) is 3. The summed E-state index contributed by atoms with van der Waals surface area (Å²) in [6.45, 7) is 0.333. The molecule has 1 aromatic carbocycles. The number of hydrogen-bond donors (Lipinski definition) is 0. The molecule has 0 aliphatic carbocycles. The van der Waals surface area contributed by atoms with E-state index < -0.39 is 0 Å². The summed E-state index contributed by atoms with van der Waals surface area (Å²) in [5, 5.41) is 14.7. The summed E-state index contributed by atoms with van der Waals surface area (Å²) < 4.78 is 2.98. The van der Waals surface area contributed by atoms with Crippen LogP contribution in [0.15, 0.2) is 40.6 Å². The summed E-state index contributed by atoms with van der Waals surface area (Å²) in [4.78, 5) is 12.3. The molecule has 2 heterocycles. The van der Waals surface area contributed by atoms with Crippen LogP contribution >= 0.6 is 34.5 Å². The van der Waals surface area contributed by atoms with Crippen LogP contribution in [0.2, 0.25) is 10.0 Å². The van der Waals surface area contributed by atoms with E-state index >= 15 is 0 Å². The van der Waals surface area contributed by atoms with Gasteiger partial charge in [0.15, 0.2) is 0 Å². The Morgan fingerprint density at radius 2 is 2.05 bits per heavy atom. The van der Waals surface area contributed by atoms with Crippen molar-refractivity contribution in [2.45, 2.75) is 6.54 Å². The fourth-order valence-electron chi connectivity index (χ4n) is 1.95. The van der Waals surface area contributed by atoms with Gasteiger partial charge in [0.25, 0.3) is 0 Å². The van der Waals surface area contributed by atoms with Gasteiger partial charge in [-0.2, -0.15) is 4.40 Å². The first-order chi connectivity index (χ1) is 9.56. The summed E-state index contributed by atoms with van der Waals surface area (Å²) in [5.74, 6) is -0.330. The molecule has 3 rings (SSSR count). The topological polar surface area (TPSA) is 48.4 Å². The molecule has 0 N–H and O–H groups in total. The first-order valence-electron chi connectivity index (χ1n) is 5.70. The van der Waals surface area contributed by atoms with Gasteiger partial charge in [-0.05, 0) is 17.7 Å². The normalized spacial score (nSPS) is 11.1. The zero-order valence-corrected chi connectivity index (χ0v) is 12.4. The Hall–Kier alpha value is -1.56. The molecule has 0 radical (unpaired) electrons. The van der Waals surface area contributed by atoms with Gasteiger partial charge in [0.1, 0.15) is 12.7 Å². The minimum absolute atomic E-state index is 0.323. The standard InChI is InChI=1S/C13H8Cl2N2O2S/c14-9-2-1-8(5-10(9)15)7-17-12(19)6-11(18)16-3-4-20-13(16)17/h1-6H,7H2. The van der Waals surface area contributed by atoms with Gasteiger partial charge in [-0.3, -0.25) is 0 Å². The maximum Gasteiger partial charge on any atom is 0.348 e. The van der Waals surface area contributed by atoms with Crippen LogP contribution in [0.3, 0.4) is 0 Å². The van der Waals surface area contributed by atoms with Crippen LogP contribution in [0.5, 0.6) is 5.88 Å². The largest absolute Gasteiger partial charge is 0.842 e. The average Bonchev–Trinajstić information content (AvgIpc) is 2.88. The van der Waals surface area contributed by atoms with Crippen LogP contribution in [0.1, 0.15) is 5.56 Å². The predicted molar refractivity (Wildman–Crippen MR) is 76.7 cm³/mol. The second-order valence-corrected chi connectivity index (χ2v) is 5.90. The van der Waals surface area contributed by atoms with Gasteiger partial charge >= 0.3 is 10.5 Å². The highest BCUT2D eigenvalue weighted by molar-refractivity contribution is 7.14. The van der Waals surface area contributed by atoms with Crippen molar-refractivity contribution < 1.29 is 9.67 Å². The lowest BCUT2D eigenvalue weighted by Crippen LogP contribution is -2.42. The Morgan fingerprint density at radius 1 is 1.25 bits per heavy atom. The van der Waals surface area contributed by atoms with E-state index in [4.69, 9.17) is 23.2 Å². The molecule has 0 unspecified atom stereocenters. The number of thiazole rings is 1. The molecule has 20 heavy (non-hydrogen) atoms. The van der Waals surface area contributed by atoms with Gasteiger partial charge in [-0.15, -0.1) is 0 Å². The van der Waals surface area contributed by atoms with E-state index in [9.17, 15) is 9.90 Å². The summed E-state index contributed by atoms with van der Waals surface area (Å²) in [5.41, 5.74) is 0.520. The molecule has 0 aliphatic heterocycles. The van der Waals surface area contributed by atoms with Crippen LogP contribution in [0.25, 0.3) is 4.96 Å². The summed E-state index contributed by atoms with van der Waals surface area (Å²) in [7, 11) is 0. The van der Waals surface area contributed by atoms with Crippen molar-refractivity contribution in [3.05, 3.63) is 61.8 Å². The van der Waals surface area contributed by atoms with E-state index in [0.717, 1.165) is 11.6 Å². The number of nitrogens with zero attached hydrogens (tertiary/aromatic N) is 2. The lowest BCUT2D eigenvalue weighted by molar-refractivity contribution is -0.707. The Kier molecular flexibility index (Phi) is 3.41. The van der Waals surface area contributed by atoms with Crippen LogP contribution in [0.4, 0.5) is 0 Å². The molecule has 0 amide bonds. The van der Waals surface area contributed by atoms with E-state index in [0.29, 0.717) is 21.6 Å². The Labute approximate surface area is 128 Å². The molecule has 7 heteroatoms. The molecule has 102 valence electrons. The van der Waals surface area contributed by atoms with Crippen molar-refractivity contribution >= 4 is 39.5 Å². The van der Waals surface area contributed by atoms with Crippen LogP contribution in [-0.2, 0) is 6.54 Å². The fraction of sp³-hybridized carbons (Fsp3) is 0.0769. The maximum absolute atomic E-state index is 12.0. The second kappa shape index (κ2) is 5.09. The molecule has 0 spiro atoms. The van der Waals surface area contributed by atoms with Crippen molar-refractivity contribution in [2.24, 2.45) is 0 Å². The van der Waals surface area contributed by atoms with Crippen LogP contribution in [0, 0.1) is 0 Å². The molecule has 0 atom stereocenters. The molecular formula is C13H8Cl2N2O2S. The van der Waals surface area contributed by atoms with E-state index in [1.165, 1.54) is 20.3 Å². The summed E-state index contributed by atoms with van der Waals surface area (Å²) in [6.07, 6.45) is 1.65. The molecule has 0 aliphatic rings. The Bertz CT molecular complexity index is 857. The third-order valence-corrected chi connectivity index (χ3v) is 4.52. The van der Waals surface area contributed by atoms with Gasteiger partial charge in [0, 0.05) is 5.38 Å². The van der Waals surface area contributed by atoms with E-state index in [1.54, 1.807) is 29.8 Å². The minimum Gasteiger partial charge on any atom is -0.842 e. The Balaban J connectivity index is 2.12. The van der Waals surface area contributed by atoms with Crippen LogP contribution < -0.4 is 15.2 Å². The molecule has 0 saturated carbocycles. The summed E-state index contributed by atoms with van der Waals surface area (Å²) >= 11 is 13.2. The third-order valence-electron chi connectivity index (χ3n) is 2.90. The molecular weight excluding hydrogens is 319 g/mol. The summed E-state index contributed by atoms with van der Waals surface area (Å²) in [6, 6.07) is 6.28. The molecule has 0 bridgehead atoms. The Morgan fingerprint density at radius 3 is 2.80 bits per heavy atom. The minimum atomic E-state index is -0.330. The van der Waals surface area contributed by atoms with Crippen molar-refractivity contribution in [1.82, 2.24) is 4.40 Å². The van der Waals surface area contributed by atoms with Crippen molar-refractivity contribution in [1.29, 1.82) is 0 Å². The first-order valence-corrected chi connectivity index (χ1v) is 7.33. The molecule has 3 aromatic rings. The SMILES string of the molecule is O=c1cc([O-])[n+](Cc2ccc(Cl)c(Cl)c2)c2sccn12. The first kappa shape index (κ1) is 13.4. The maximum atomic E-state index is 12.0. The van der Waals surface area contributed by atoms with Crippen molar-refractivity contribution in [3.63, 3.8) is 0 Å². The number of halogens is 2. The lowest BCUT2D eigenvalue weighted by atomic mass is 10.2. The molecule has 0 saturated heterocycles. The van der Waals surface area contributed by atoms with E-state index in [2.05, 4.69) is 0 Å². The molecule has 0 fully saturated rings. The highest BCUT2D eigenvalue weighted by Crippen LogP contribution is 2.22. The second-order valence-electron chi connectivity index (χ2n) is 4.21. The predicted octanol–water partition coefficient (Wildman–Crippen LogP) is 2.08. The van der Waals surface area contributed by atoms with Gasteiger partial charge in [-0.1, -0.05) is 40.6 Å². The highest BCUT2D eigenvalue weighted by Gasteiger charge is 2.14. The third kappa shape index (κ3) is 2.28. The highest BCUT2D eigenvalue weighted by atomic mass is 35.5. The van der Waals surface area contributed by atoms with E-state index in [1.807, 2.05) is 0 Å².